The van der Waals surface area contributed by atoms with Gasteiger partial charge >= 0.3 is 5.97 Å². The lowest BCUT2D eigenvalue weighted by molar-refractivity contribution is -0.150. The van der Waals surface area contributed by atoms with Crippen molar-refractivity contribution in [3.63, 3.8) is 0 Å². The number of aromatic nitrogens is 1. The molecule has 0 saturated carbocycles. The molecule has 9 nitrogen and oxygen atoms in total. The molecule has 0 aliphatic rings. The van der Waals surface area contributed by atoms with Gasteiger partial charge in [-0.3, -0.25) is 9.59 Å². The van der Waals surface area contributed by atoms with Crippen LogP contribution >= 0.6 is 0 Å². The van der Waals surface area contributed by atoms with E-state index in [4.69, 9.17) is 4.74 Å². The summed E-state index contributed by atoms with van der Waals surface area (Å²) >= 11 is 0. The van der Waals surface area contributed by atoms with Crippen LogP contribution in [0.4, 0.5) is 17.1 Å². The number of hydrogen-bond acceptors (Lipinski definition) is 6. The molecule has 1 aromatic heterocycles. The third-order valence-corrected chi connectivity index (χ3v) is 5.29. The Bertz CT molecular complexity index is 1380. The molecule has 0 aliphatic carbocycles. The summed E-state index contributed by atoms with van der Waals surface area (Å²) in [5.41, 5.74) is 3.66. The molecule has 0 spiro atoms. The molecule has 0 bridgehead atoms. The van der Waals surface area contributed by atoms with Crippen molar-refractivity contribution in [1.82, 2.24) is 10.3 Å². The van der Waals surface area contributed by atoms with E-state index in [1.807, 2.05) is 54.6 Å². The van der Waals surface area contributed by atoms with Gasteiger partial charge in [0.15, 0.2) is 6.61 Å². The zero-order valence-corrected chi connectivity index (χ0v) is 19.6. The van der Waals surface area contributed by atoms with Gasteiger partial charge in [0.05, 0.1) is 11.4 Å². The number of nitrogens with zero attached hydrogens (tertiary/aromatic N) is 2. The number of azo groups is 1. The first kappa shape index (κ1) is 24.3. The van der Waals surface area contributed by atoms with E-state index in [9.17, 15) is 14.4 Å². The van der Waals surface area contributed by atoms with Gasteiger partial charge in [-0.25, -0.2) is 4.79 Å². The normalized spacial score (nSPS) is 11.8. The molecule has 2 amide bonds. The van der Waals surface area contributed by atoms with Crippen LogP contribution in [0.2, 0.25) is 0 Å². The minimum atomic E-state index is -0.927. The van der Waals surface area contributed by atoms with Gasteiger partial charge in [0, 0.05) is 36.1 Å². The molecule has 36 heavy (non-hydrogen) atoms. The van der Waals surface area contributed by atoms with Crippen molar-refractivity contribution in [3.05, 3.63) is 90.6 Å². The number of fused-ring (bicyclic) bond motifs is 1. The molecule has 1 atom stereocenters. The Hall–Kier alpha value is -4.79. The van der Waals surface area contributed by atoms with Crippen LogP contribution in [0.1, 0.15) is 12.5 Å². The number of ether oxygens (including phenoxy) is 1. The van der Waals surface area contributed by atoms with Crippen LogP contribution in [-0.4, -0.2) is 35.4 Å². The topological polar surface area (TPSA) is 125 Å². The Morgan fingerprint density at radius 3 is 2.28 bits per heavy atom. The van der Waals surface area contributed by atoms with E-state index in [1.165, 1.54) is 6.92 Å². The lowest BCUT2D eigenvalue weighted by Gasteiger charge is -2.16. The van der Waals surface area contributed by atoms with E-state index in [1.54, 1.807) is 30.5 Å². The summed E-state index contributed by atoms with van der Waals surface area (Å²) in [6, 6.07) is 22.8. The first-order valence-electron chi connectivity index (χ1n) is 11.3. The van der Waals surface area contributed by atoms with Gasteiger partial charge in [-0.05, 0) is 48.0 Å². The van der Waals surface area contributed by atoms with Crippen molar-refractivity contribution in [2.75, 3.05) is 11.9 Å². The molecule has 182 valence electrons. The number of para-hydroxylation sites is 1. The Kier molecular flexibility index (Phi) is 7.82. The molecule has 0 radical (unpaired) electrons. The van der Waals surface area contributed by atoms with Gasteiger partial charge < -0.3 is 20.4 Å². The Balaban J connectivity index is 1.31. The second-order valence-electron chi connectivity index (χ2n) is 8.06. The summed E-state index contributed by atoms with van der Waals surface area (Å²) in [5, 5.41) is 14.5. The van der Waals surface area contributed by atoms with Crippen molar-refractivity contribution in [2.24, 2.45) is 10.2 Å². The lowest BCUT2D eigenvalue weighted by atomic mass is 10.0. The van der Waals surface area contributed by atoms with Crippen LogP contribution < -0.4 is 10.6 Å². The number of benzene rings is 3. The fourth-order valence-corrected chi connectivity index (χ4v) is 3.61. The number of aromatic amines is 1. The van der Waals surface area contributed by atoms with Crippen molar-refractivity contribution in [2.45, 2.75) is 19.4 Å². The van der Waals surface area contributed by atoms with Crippen LogP contribution in [-0.2, 0) is 25.5 Å². The molecule has 1 heterocycles. The van der Waals surface area contributed by atoms with Crippen LogP contribution in [0.15, 0.2) is 95.3 Å². The maximum absolute atomic E-state index is 12.7. The van der Waals surface area contributed by atoms with Gasteiger partial charge in [0.25, 0.3) is 5.91 Å². The molecule has 3 N–H and O–H groups in total. The van der Waals surface area contributed by atoms with Crippen molar-refractivity contribution >= 4 is 45.7 Å². The molecule has 9 heteroatoms. The SMILES string of the molecule is CC(=O)NC(Cc1c[nH]c2ccccc12)C(=O)OCC(=O)Nc1ccc(N=Nc2ccccc2)cc1. The van der Waals surface area contributed by atoms with Crippen LogP contribution in [0, 0.1) is 0 Å². The van der Waals surface area contributed by atoms with E-state index in [0.29, 0.717) is 11.4 Å². The second kappa shape index (κ2) is 11.6. The van der Waals surface area contributed by atoms with E-state index >= 15 is 0 Å². The second-order valence-corrected chi connectivity index (χ2v) is 8.06. The number of carbonyl (C=O) groups is 3. The van der Waals surface area contributed by atoms with E-state index in [-0.39, 0.29) is 12.3 Å². The van der Waals surface area contributed by atoms with Crippen LogP contribution in [0.5, 0.6) is 0 Å². The molecule has 0 fully saturated rings. The third kappa shape index (κ3) is 6.63. The number of anilines is 1. The Morgan fingerprint density at radius 2 is 1.56 bits per heavy atom. The number of H-pyrrole nitrogens is 1. The number of rotatable bonds is 9. The summed E-state index contributed by atoms with van der Waals surface area (Å²) in [4.78, 5) is 39.8. The third-order valence-electron chi connectivity index (χ3n) is 5.29. The van der Waals surface area contributed by atoms with Gasteiger partial charge in [-0.2, -0.15) is 10.2 Å². The monoisotopic (exact) mass is 483 g/mol. The first-order valence-corrected chi connectivity index (χ1v) is 11.3. The molecule has 1 unspecified atom stereocenters. The first-order chi connectivity index (χ1) is 17.5. The zero-order valence-electron chi connectivity index (χ0n) is 19.6. The van der Waals surface area contributed by atoms with Crippen molar-refractivity contribution in [1.29, 1.82) is 0 Å². The minimum absolute atomic E-state index is 0.225. The molecule has 4 rings (SSSR count). The Labute approximate surface area is 207 Å². The van der Waals surface area contributed by atoms with Gasteiger partial charge in [-0.15, -0.1) is 0 Å². The number of nitrogens with one attached hydrogen (secondary N) is 3. The molecule has 3 aromatic carbocycles. The maximum Gasteiger partial charge on any atom is 0.329 e. The minimum Gasteiger partial charge on any atom is -0.454 e. The highest BCUT2D eigenvalue weighted by molar-refractivity contribution is 5.94. The van der Waals surface area contributed by atoms with Gasteiger partial charge in [0.1, 0.15) is 6.04 Å². The molecule has 4 aromatic rings. The van der Waals surface area contributed by atoms with Gasteiger partial charge in [-0.1, -0.05) is 36.4 Å². The molecular weight excluding hydrogens is 458 g/mol. The largest absolute Gasteiger partial charge is 0.454 e. The van der Waals surface area contributed by atoms with Crippen molar-refractivity contribution < 1.29 is 19.1 Å². The molecular formula is C27H25N5O4. The predicted molar refractivity (Wildman–Crippen MR) is 136 cm³/mol. The standard InChI is InChI=1S/C27H25N5O4/c1-18(33)29-25(15-19-16-28-24-10-6-5-9-23(19)24)27(35)36-17-26(34)30-20-11-13-22(14-12-20)32-31-21-7-3-2-4-8-21/h2-14,16,25,28H,15,17H2,1H3,(H,29,33)(H,30,34). The van der Waals surface area contributed by atoms with E-state index < -0.39 is 24.5 Å². The predicted octanol–water partition coefficient (Wildman–Crippen LogP) is 4.81. The van der Waals surface area contributed by atoms with Gasteiger partial charge in [0.2, 0.25) is 5.91 Å². The zero-order chi connectivity index (χ0) is 25.3. The maximum atomic E-state index is 12.7. The quantitative estimate of drug-likeness (QED) is 0.233. The summed E-state index contributed by atoms with van der Waals surface area (Å²) in [7, 11) is 0. The van der Waals surface area contributed by atoms with E-state index in [0.717, 1.165) is 22.2 Å². The van der Waals surface area contributed by atoms with Crippen LogP contribution in [0.3, 0.4) is 0 Å². The summed E-state index contributed by atoms with van der Waals surface area (Å²) in [6.07, 6.45) is 2.02. The number of esters is 1. The summed E-state index contributed by atoms with van der Waals surface area (Å²) in [5.74, 6) is -1.57. The fraction of sp³-hybridized carbons (Fsp3) is 0.148. The average molecular weight is 484 g/mol. The highest BCUT2D eigenvalue weighted by Gasteiger charge is 2.23. The molecule has 0 aliphatic heterocycles. The molecule has 0 saturated heterocycles. The van der Waals surface area contributed by atoms with E-state index in [2.05, 4.69) is 25.8 Å². The van der Waals surface area contributed by atoms with Crippen LogP contribution in [0.25, 0.3) is 10.9 Å². The number of hydrogen-bond donors (Lipinski definition) is 3. The Morgan fingerprint density at radius 1 is 0.889 bits per heavy atom. The highest BCUT2D eigenvalue weighted by atomic mass is 16.5. The smallest absolute Gasteiger partial charge is 0.329 e. The number of carbonyl (C=O) groups excluding carboxylic acids is 3. The fourth-order valence-electron chi connectivity index (χ4n) is 3.61. The summed E-state index contributed by atoms with van der Waals surface area (Å²) in [6.45, 7) is 0.837. The highest BCUT2D eigenvalue weighted by Crippen LogP contribution is 2.21. The average Bonchev–Trinajstić information content (AvgIpc) is 3.29. The summed E-state index contributed by atoms with van der Waals surface area (Å²) < 4.78 is 5.20. The van der Waals surface area contributed by atoms with Crippen molar-refractivity contribution in [3.8, 4) is 0 Å². The number of amides is 2. The lowest BCUT2D eigenvalue weighted by Crippen LogP contribution is -2.43.